The molecule has 0 saturated heterocycles. The highest BCUT2D eigenvalue weighted by atomic mass is 79.9. The molecule has 0 radical (unpaired) electrons. The van der Waals surface area contributed by atoms with Gasteiger partial charge in [0.05, 0.1) is 7.11 Å². The van der Waals surface area contributed by atoms with Crippen molar-refractivity contribution in [1.29, 1.82) is 0 Å². The number of methoxy groups -OCH3 is 1. The minimum absolute atomic E-state index is 0.304. The normalized spacial score (nSPS) is 10.2. The molecule has 0 aliphatic carbocycles. The van der Waals surface area contributed by atoms with Gasteiger partial charge in [0.25, 0.3) is 0 Å². The van der Waals surface area contributed by atoms with E-state index in [0.29, 0.717) is 12.4 Å². The summed E-state index contributed by atoms with van der Waals surface area (Å²) in [6, 6.07) is 11.7. The van der Waals surface area contributed by atoms with Crippen LogP contribution in [0, 0.1) is 5.82 Å². The average Bonchev–Trinajstić information content (AvgIpc) is 2.37. The summed E-state index contributed by atoms with van der Waals surface area (Å²) in [4.78, 5) is 0. The summed E-state index contributed by atoms with van der Waals surface area (Å²) in [5.41, 5.74) is 0.972. The van der Waals surface area contributed by atoms with Crippen LogP contribution < -0.4 is 9.47 Å². The minimum Gasteiger partial charge on any atom is -0.497 e. The van der Waals surface area contributed by atoms with Crippen LogP contribution in [0.25, 0.3) is 0 Å². The van der Waals surface area contributed by atoms with Crippen LogP contribution in [-0.2, 0) is 6.61 Å². The van der Waals surface area contributed by atoms with Gasteiger partial charge in [0.15, 0.2) is 0 Å². The van der Waals surface area contributed by atoms with Crippen molar-refractivity contribution in [3.8, 4) is 11.5 Å². The molecule has 0 saturated carbocycles. The van der Waals surface area contributed by atoms with E-state index in [-0.39, 0.29) is 5.82 Å². The van der Waals surface area contributed by atoms with E-state index < -0.39 is 0 Å². The predicted octanol–water partition coefficient (Wildman–Crippen LogP) is 4.18. The van der Waals surface area contributed by atoms with Gasteiger partial charge >= 0.3 is 0 Å². The maximum absolute atomic E-state index is 13.0. The fraction of sp³-hybridized carbons (Fsp3) is 0.143. The molecular weight excluding hydrogens is 299 g/mol. The Labute approximate surface area is 113 Å². The highest BCUT2D eigenvalue weighted by Crippen LogP contribution is 2.24. The van der Waals surface area contributed by atoms with Gasteiger partial charge in [-0.3, -0.25) is 0 Å². The molecule has 2 rings (SSSR count). The molecule has 0 N–H and O–H groups in total. The molecular formula is C14H12BrFO2. The van der Waals surface area contributed by atoms with Gasteiger partial charge in [0.1, 0.15) is 23.9 Å². The van der Waals surface area contributed by atoms with E-state index in [1.54, 1.807) is 19.2 Å². The summed E-state index contributed by atoms with van der Waals surface area (Å²) in [5.74, 6) is 0.982. The summed E-state index contributed by atoms with van der Waals surface area (Å²) in [5, 5.41) is 0. The standard InChI is InChI=1S/C14H12BrFO2/c1-17-12-6-5-10(14(15)8-12)9-18-13-4-2-3-11(16)7-13/h2-8H,9H2,1H3. The lowest BCUT2D eigenvalue weighted by atomic mass is 10.2. The molecule has 2 aromatic rings. The summed E-state index contributed by atoms with van der Waals surface area (Å²) in [6.45, 7) is 0.369. The second-order valence-corrected chi connectivity index (χ2v) is 4.56. The SMILES string of the molecule is COc1ccc(COc2cccc(F)c2)c(Br)c1. The van der Waals surface area contributed by atoms with E-state index in [1.807, 2.05) is 18.2 Å². The predicted molar refractivity (Wildman–Crippen MR) is 71.4 cm³/mol. The molecule has 4 heteroatoms. The highest BCUT2D eigenvalue weighted by Gasteiger charge is 2.03. The second-order valence-electron chi connectivity index (χ2n) is 3.70. The van der Waals surface area contributed by atoms with Gasteiger partial charge in [-0.15, -0.1) is 0 Å². The molecule has 0 aliphatic rings. The van der Waals surface area contributed by atoms with Gasteiger partial charge in [-0.05, 0) is 24.3 Å². The van der Waals surface area contributed by atoms with Crippen molar-refractivity contribution < 1.29 is 13.9 Å². The first-order valence-electron chi connectivity index (χ1n) is 5.40. The number of benzene rings is 2. The summed E-state index contributed by atoms with van der Waals surface area (Å²) >= 11 is 3.44. The second kappa shape index (κ2) is 5.87. The van der Waals surface area contributed by atoms with Crippen molar-refractivity contribution in [2.45, 2.75) is 6.61 Å². The lowest BCUT2D eigenvalue weighted by Gasteiger charge is -2.09. The van der Waals surface area contributed by atoms with Crippen LogP contribution in [0.2, 0.25) is 0 Å². The number of halogens is 2. The smallest absolute Gasteiger partial charge is 0.126 e. The highest BCUT2D eigenvalue weighted by molar-refractivity contribution is 9.10. The average molecular weight is 311 g/mol. The quantitative estimate of drug-likeness (QED) is 0.843. The van der Waals surface area contributed by atoms with Crippen molar-refractivity contribution >= 4 is 15.9 Å². The van der Waals surface area contributed by atoms with Crippen LogP contribution >= 0.6 is 15.9 Å². The molecule has 0 amide bonds. The Bertz CT molecular complexity index is 543. The third-order valence-corrected chi connectivity index (χ3v) is 3.19. The molecule has 0 heterocycles. The molecule has 18 heavy (non-hydrogen) atoms. The van der Waals surface area contributed by atoms with Gasteiger partial charge in [-0.25, -0.2) is 4.39 Å². The van der Waals surface area contributed by atoms with Crippen molar-refractivity contribution in [3.05, 3.63) is 58.3 Å². The lowest BCUT2D eigenvalue weighted by Crippen LogP contribution is -1.97. The van der Waals surface area contributed by atoms with Crippen LogP contribution in [-0.4, -0.2) is 7.11 Å². The Balaban J connectivity index is 2.06. The number of rotatable bonds is 4. The third kappa shape index (κ3) is 3.23. The fourth-order valence-electron chi connectivity index (χ4n) is 1.49. The van der Waals surface area contributed by atoms with Crippen LogP contribution in [0.15, 0.2) is 46.9 Å². The van der Waals surface area contributed by atoms with Gasteiger partial charge in [0.2, 0.25) is 0 Å². The monoisotopic (exact) mass is 310 g/mol. The fourth-order valence-corrected chi connectivity index (χ4v) is 1.96. The van der Waals surface area contributed by atoms with E-state index in [0.717, 1.165) is 15.8 Å². The molecule has 0 fully saturated rings. The number of hydrogen-bond donors (Lipinski definition) is 0. The van der Waals surface area contributed by atoms with E-state index >= 15 is 0 Å². The molecule has 0 aliphatic heterocycles. The van der Waals surface area contributed by atoms with Crippen LogP contribution in [0.5, 0.6) is 11.5 Å². The van der Waals surface area contributed by atoms with E-state index in [1.165, 1.54) is 12.1 Å². The summed E-state index contributed by atoms with van der Waals surface area (Å²) < 4.78 is 24.5. The Morgan fingerprint density at radius 3 is 2.61 bits per heavy atom. The third-order valence-electron chi connectivity index (χ3n) is 2.45. The van der Waals surface area contributed by atoms with Crippen LogP contribution in [0.4, 0.5) is 4.39 Å². The van der Waals surface area contributed by atoms with Gasteiger partial charge in [0, 0.05) is 16.1 Å². The number of hydrogen-bond acceptors (Lipinski definition) is 2. The Hall–Kier alpha value is -1.55. The maximum atomic E-state index is 13.0. The van der Waals surface area contributed by atoms with E-state index in [4.69, 9.17) is 9.47 Å². The molecule has 2 aromatic carbocycles. The zero-order valence-corrected chi connectivity index (χ0v) is 11.4. The van der Waals surface area contributed by atoms with Gasteiger partial charge < -0.3 is 9.47 Å². The van der Waals surface area contributed by atoms with Gasteiger partial charge in [-0.1, -0.05) is 28.1 Å². The lowest BCUT2D eigenvalue weighted by molar-refractivity contribution is 0.303. The van der Waals surface area contributed by atoms with Crippen LogP contribution in [0.3, 0.4) is 0 Å². The Morgan fingerprint density at radius 2 is 1.94 bits per heavy atom. The molecule has 0 aromatic heterocycles. The van der Waals surface area contributed by atoms with Crippen molar-refractivity contribution in [2.24, 2.45) is 0 Å². The zero-order valence-electron chi connectivity index (χ0n) is 9.82. The van der Waals surface area contributed by atoms with E-state index in [2.05, 4.69) is 15.9 Å². The van der Waals surface area contributed by atoms with Crippen molar-refractivity contribution in [1.82, 2.24) is 0 Å². The number of ether oxygens (including phenoxy) is 2. The maximum Gasteiger partial charge on any atom is 0.126 e. The molecule has 2 nitrogen and oxygen atoms in total. The Morgan fingerprint density at radius 1 is 1.11 bits per heavy atom. The summed E-state index contributed by atoms with van der Waals surface area (Å²) in [7, 11) is 1.62. The molecule has 0 bridgehead atoms. The van der Waals surface area contributed by atoms with Gasteiger partial charge in [-0.2, -0.15) is 0 Å². The van der Waals surface area contributed by atoms with Crippen LogP contribution in [0.1, 0.15) is 5.56 Å². The largest absolute Gasteiger partial charge is 0.497 e. The molecule has 94 valence electrons. The topological polar surface area (TPSA) is 18.5 Å². The minimum atomic E-state index is -0.304. The zero-order chi connectivity index (χ0) is 13.0. The van der Waals surface area contributed by atoms with Crippen molar-refractivity contribution in [3.63, 3.8) is 0 Å². The first kappa shape index (κ1) is 12.9. The molecule has 0 spiro atoms. The first-order valence-corrected chi connectivity index (χ1v) is 6.19. The van der Waals surface area contributed by atoms with E-state index in [9.17, 15) is 4.39 Å². The first-order chi connectivity index (χ1) is 8.69. The Kier molecular flexibility index (Phi) is 4.20. The molecule has 0 atom stereocenters. The summed E-state index contributed by atoms with van der Waals surface area (Å²) in [6.07, 6.45) is 0. The van der Waals surface area contributed by atoms with Crippen molar-refractivity contribution in [2.75, 3.05) is 7.11 Å². The molecule has 0 unspecified atom stereocenters.